The number of aromatic nitrogens is 1. The topological polar surface area (TPSA) is 98.1 Å². The molecule has 8 nitrogen and oxygen atoms in total. The Morgan fingerprint density at radius 3 is 2.55 bits per heavy atom. The van der Waals surface area contributed by atoms with Gasteiger partial charge in [-0.1, -0.05) is 12.5 Å². The Balaban J connectivity index is 1.74. The summed E-state index contributed by atoms with van der Waals surface area (Å²) in [6, 6.07) is 8.24. The average molecular weight is 606 g/mol. The van der Waals surface area contributed by atoms with Crippen molar-refractivity contribution in [2.75, 3.05) is 26.8 Å². The summed E-state index contributed by atoms with van der Waals surface area (Å²) in [5.41, 5.74) is 2.00. The zero-order chi connectivity index (χ0) is 27.0. The van der Waals surface area contributed by atoms with Crippen LogP contribution in [0.25, 0.3) is 10.9 Å². The summed E-state index contributed by atoms with van der Waals surface area (Å²) in [7, 11) is -2.36. The van der Waals surface area contributed by atoms with Crippen LogP contribution in [0.3, 0.4) is 0 Å². The van der Waals surface area contributed by atoms with Crippen LogP contribution >= 0.6 is 15.9 Å². The van der Waals surface area contributed by atoms with Crippen LogP contribution in [0.4, 0.5) is 0 Å². The molecule has 0 amide bonds. The van der Waals surface area contributed by atoms with Gasteiger partial charge in [0.15, 0.2) is 9.84 Å². The Labute approximate surface area is 231 Å². The fourth-order valence-electron chi connectivity index (χ4n) is 5.42. The van der Waals surface area contributed by atoms with E-state index in [0.717, 1.165) is 44.3 Å². The van der Waals surface area contributed by atoms with Crippen molar-refractivity contribution in [3.8, 4) is 11.5 Å². The van der Waals surface area contributed by atoms with Gasteiger partial charge in [0.05, 0.1) is 39.9 Å². The van der Waals surface area contributed by atoms with Crippen molar-refractivity contribution >= 4 is 42.6 Å². The first kappa shape index (κ1) is 27.0. The molecule has 1 N–H and O–H groups in total. The van der Waals surface area contributed by atoms with Gasteiger partial charge in [-0.25, -0.2) is 13.2 Å². The van der Waals surface area contributed by atoms with Gasteiger partial charge in [0, 0.05) is 29.2 Å². The van der Waals surface area contributed by atoms with Crippen molar-refractivity contribution in [1.29, 1.82) is 0 Å². The Morgan fingerprint density at radius 2 is 1.89 bits per heavy atom. The van der Waals surface area contributed by atoms with Gasteiger partial charge in [0.1, 0.15) is 11.5 Å². The van der Waals surface area contributed by atoms with E-state index in [1.165, 1.54) is 25.7 Å². The number of sulfone groups is 1. The number of ether oxygens (including phenoxy) is 2. The van der Waals surface area contributed by atoms with Crippen molar-refractivity contribution < 1.29 is 27.8 Å². The fraction of sp³-hybridized carbons (Fsp3) is 0.464. The van der Waals surface area contributed by atoms with Crippen LogP contribution in [0.2, 0.25) is 0 Å². The van der Waals surface area contributed by atoms with E-state index in [-0.39, 0.29) is 34.6 Å². The third kappa shape index (κ3) is 5.18. The minimum Gasteiger partial charge on any atom is -0.506 e. The number of carbonyl (C=O) groups is 1. The number of aromatic hydroxyl groups is 1. The Morgan fingerprint density at radius 1 is 1.16 bits per heavy atom. The molecule has 1 aliphatic carbocycles. The SMILES string of the molecule is CCOC(=O)c1c(CS(=O)(=O)c2cccc(OC)c2)n(C2CC2)c2cc(Br)c(O)c(CN3CCCCC3)c12. The molecular weight excluding hydrogens is 572 g/mol. The number of benzene rings is 2. The quantitative estimate of drug-likeness (QED) is 0.318. The molecular formula is C28H33BrN2O6S. The van der Waals surface area contributed by atoms with Gasteiger partial charge < -0.3 is 19.1 Å². The highest BCUT2D eigenvalue weighted by Gasteiger charge is 2.36. The number of phenolic OH excluding ortho intramolecular Hbond substituents is 1. The van der Waals surface area contributed by atoms with Gasteiger partial charge in [-0.15, -0.1) is 0 Å². The number of piperidine rings is 1. The molecule has 1 saturated carbocycles. The standard InChI is InChI=1S/C28H33BrN2O6S/c1-3-37-28(33)26-24(17-38(34,35)20-9-7-8-19(14-20)36-2)31(18-10-11-18)23-15-22(29)27(32)21(25(23)26)16-30-12-5-4-6-13-30/h7-9,14-15,18,32H,3-6,10-13,16-17H2,1-2H3. The summed E-state index contributed by atoms with van der Waals surface area (Å²) in [5.74, 6) is -0.434. The molecule has 2 aromatic carbocycles. The number of carbonyl (C=O) groups excluding carboxylic acids is 1. The molecule has 0 spiro atoms. The number of hydrogen-bond acceptors (Lipinski definition) is 7. The van der Waals surface area contributed by atoms with E-state index in [0.29, 0.717) is 33.4 Å². The molecule has 1 aromatic heterocycles. The number of likely N-dealkylation sites (tertiary alicyclic amines) is 1. The second kappa shape index (κ2) is 10.9. The van der Waals surface area contributed by atoms with Crippen molar-refractivity contribution in [2.45, 2.75) is 62.3 Å². The summed E-state index contributed by atoms with van der Waals surface area (Å²) in [6.07, 6.45) is 5.11. The first-order valence-electron chi connectivity index (χ1n) is 13.1. The molecule has 204 valence electrons. The molecule has 2 aliphatic rings. The summed E-state index contributed by atoms with van der Waals surface area (Å²) >= 11 is 3.52. The van der Waals surface area contributed by atoms with E-state index >= 15 is 0 Å². The normalized spacial score (nSPS) is 16.6. The van der Waals surface area contributed by atoms with E-state index in [4.69, 9.17) is 9.47 Å². The number of halogens is 1. The number of nitrogens with zero attached hydrogens (tertiary/aromatic N) is 2. The minimum atomic E-state index is -3.85. The third-order valence-corrected chi connectivity index (χ3v) is 9.60. The van der Waals surface area contributed by atoms with Crippen molar-refractivity contribution in [3.63, 3.8) is 0 Å². The Bertz CT molecular complexity index is 1470. The zero-order valence-electron chi connectivity index (χ0n) is 21.7. The minimum absolute atomic E-state index is 0.0729. The van der Waals surface area contributed by atoms with Crippen LogP contribution in [-0.2, 0) is 26.9 Å². The molecule has 0 bridgehead atoms. The molecule has 2 heterocycles. The first-order valence-corrected chi connectivity index (χ1v) is 15.5. The highest BCUT2D eigenvalue weighted by molar-refractivity contribution is 9.10. The van der Waals surface area contributed by atoms with Crippen LogP contribution in [0.1, 0.15) is 66.7 Å². The lowest BCUT2D eigenvalue weighted by atomic mass is 10.0. The summed E-state index contributed by atoms with van der Waals surface area (Å²) < 4.78 is 40.7. The largest absolute Gasteiger partial charge is 0.506 e. The maximum atomic E-state index is 13.7. The molecule has 38 heavy (non-hydrogen) atoms. The molecule has 0 radical (unpaired) electrons. The number of rotatable bonds is 9. The Hall–Kier alpha value is -2.56. The summed E-state index contributed by atoms with van der Waals surface area (Å²) in [5, 5.41) is 11.8. The molecule has 5 rings (SSSR count). The van der Waals surface area contributed by atoms with Crippen LogP contribution in [0.5, 0.6) is 11.5 Å². The van der Waals surface area contributed by atoms with E-state index in [1.807, 2.05) is 4.57 Å². The highest BCUT2D eigenvalue weighted by atomic mass is 79.9. The number of hydrogen-bond donors (Lipinski definition) is 1. The van der Waals surface area contributed by atoms with E-state index in [2.05, 4.69) is 20.8 Å². The van der Waals surface area contributed by atoms with Crippen LogP contribution in [0.15, 0.2) is 39.7 Å². The second-order valence-electron chi connectivity index (χ2n) is 10.00. The molecule has 2 fully saturated rings. The molecule has 1 saturated heterocycles. The van der Waals surface area contributed by atoms with Gasteiger partial charge in [0.25, 0.3) is 0 Å². The number of methoxy groups -OCH3 is 1. The lowest BCUT2D eigenvalue weighted by Crippen LogP contribution is -2.29. The summed E-state index contributed by atoms with van der Waals surface area (Å²) in [6.45, 7) is 4.16. The average Bonchev–Trinajstić information content (AvgIpc) is 3.70. The Kier molecular flexibility index (Phi) is 7.75. The maximum absolute atomic E-state index is 13.7. The van der Waals surface area contributed by atoms with Gasteiger partial charge in [-0.2, -0.15) is 0 Å². The van der Waals surface area contributed by atoms with Crippen molar-refractivity contribution in [2.24, 2.45) is 0 Å². The summed E-state index contributed by atoms with van der Waals surface area (Å²) in [4.78, 5) is 15.9. The third-order valence-electron chi connectivity index (χ3n) is 7.37. The van der Waals surface area contributed by atoms with Gasteiger partial charge >= 0.3 is 5.97 Å². The smallest absolute Gasteiger partial charge is 0.340 e. The predicted molar refractivity (Wildman–Crippen MR) is 149 cm³/mol. The number of phenols is 1. The second-order valence-corrected chi connectivity index (χ2v) is 12.8. The molecule has 0 atom stereocenters. The van der Waals surface area contributed by atoms with Gasteiger partial charge in [0.2, 0.25) is 0 Å². The van der Waals surface area contributed by atoms with Crippen molar-refractivity contribution in [1.82, 2.24) is 9.47 Å². The lowest BCUT2D eigenvalue weighted by Gasteiger charge is -2.27. The number of esters is 1. The highest BCUT2D eigenvalue weighted by Crippen LogP contribution is 2.47. The molecule has 0 unspecified atom stereocenters. The molecule has 10 heteroatoms. The van der Waals surface area contributed by atoms with Gasteiger partial charge in [-0.05, 0) is 85.9 Å². The molecule has 1 aliphatic heterocycles. The van der Waals surface area contributed by atoms with Crippen molar-refractivity contribution in [3.05, 3.63) is 51.6 Å². The first-order chi connectivity index (χ1) is 18.2. The predicted octanol–water partition coefficient (Wildman–Crippen LogP) is 5.59. The van der Waals surface area contributed by atoms with Crippen LogP contribution in [-0.4, -0.2) is 55.8 Å². The monoisotopic (exact) mass is 604 g/mol. The van der Waals surface area contributed by atoms with E-state index in [1.54, 1.807) is 25.1 Å². The van der Waals surface area contributed by atoms with Crippen LogP contribution in [0, 0.1) is 0 Å². The number of fused-ring (bicyclic) bond motifs is 1. The zero-order valence-corrected chi connectivity index (χ0v) is 24.1. The van der Waals surface area contributed by atoms with Gasteiger partial charge in [-0.3, -0.25) is 4.90 Å². The van der Waals surface area contributed by atoms with Crippen LogP contribution < -0.4 is 4.74 Å². The van der Waals surface area contributed by atoms with E-state index < -0.39 is 15.8 Å². The maximum Gasteiger partial charge on any atom is 0.340 e. The van der Waals surface area contributed by atoms with E-state index in [9.17, 15) is 18.3 Å². The lowest BCUT2D eigenvalue weighted by molar-refractivity contribution is 0.0527. The fourth-order valence-corrected chi connectivity index (χ4v) is 7.27. The molecule has 3 aromatic rings.